The van der Waals surface area contributed by atoms with Gasteiger partial charge in [-0.2, -0.15) is 8.78 Å². The van der Waals surface area contributed by atoms with Gasteiger partial charge < -0.3 is 10.1 Å². The van der Waals surface area contributed by atoms with Crippen molar-refractivity contribution in [3.8, 4) is 0 Å². The topological polar surface area (TPSA) is 73.2 Å². The van der Waals surface area contributed by atoms with E-state index in [1.165, 1.54) is 13.8 Å². The van der Waals surface area contributed by atoms with E-state index in [2.05, 4.69) is 10.3 Å². The fourth-order valence-corrected chi connectivity index (χ4v) is 3.73. The number of amides is 1. The van der Waals surface area contributed by atoms with Gasteiger partial charge in [-0.1, -0.05) is 25.0 Å². The van der Waals surface area contributed by atoms with Gasteiger partial charge in [-0.15, -0.1) is 0 Å². The van der Waals surface area contributed by atoms with Gasteiger partial charge in [0.2, 0.25) is 5.91 Å². The number of carbonyl (C=O) groups excluding carboxylic acids is 2. The van der Waals surface area contributed by atoms with Crippen LogP contribution in [0.1, 0.15) is 58.0 Å². The van der Waals surface area contributed by atoms with Crippen LogP contribution >= 0.6 is 0 Å². The quantitative estimate of drug-likeness (QED) is 0.776. The Kier molecular flexibility index (Phi) is 5.72. The molecule has 0 aliphatic heterocycles. The summed E-state index contributed by atoms with van der Waals surface area (Å²) in [7, 11) is 0. The summed E-state index contributed by atoms with van der Waals surface area (Å²) < 4.78 is 33.4. The Labute approximate surface area is 155 Å². The summed E-state index contributed by atoms with van der Waals surface area (Å²) in [4.78, 5) is 28.4. The highest BCUT2D eigenvalue weighted by molar-refractivity contribution is 5.83. The van der Waals surface area contributed by atoms with Crippen LogP contribution in [-0.2, 0) is 14.3 Å². The third kappa shape index (κ3) is 4.09. The van der Waals surface area contributed by atoms with E-state index in [-0.39, 0.29) is 23.2 Å². The minimum absolute atomic E-state index is 0.00233. The van der Waals surface area contributed by atoms with Crippen LogP contribution in [0, 0.1) is 5.92 Å². The fourth-order valence-electron chi connectivity index (χ4n) is 3.73. The Hall–Kier alpha value is -2.51. The molecule has 6 nitrogen and oxygen atoms in total. The lowest BCUT2D eigenvalue weighted by atomic mass is 9.98. The van der Waals surface area contributed by atoms with Gasteiger partial charge in [-0.05, 0) is 37.8 Å². The molecule has 146 valence electrons. The second-order valence-corrected chi connectivity index (χ2v) is 6.91. The van der Waals surface area contributed by atoms with Crippen LogP contribution in [0.25, 0.3) is 11.0 Å². The monoisotopic (exact) mass is 379 g/mol. The van der Waals surface area contributed by atoms with Crippen LogP contribution in [-0.4, -0.2) is 27.5 Å². The van der Waals surface area contributed by atoms with Crippen LogP contribution in [0.3, 0.4) is 0 Å². The van der Waals surface area contributed by atoms with Crippen molar-refractivity contribution in [3.05, 3.63) is 30.1 Å². The summed E-state index contributed by atoms with van der Waals surface area (Å²) in [6.45, 7) is 0.0429. The number of aromatic nitrogens is 2. The second-order valence-electron chi connectivity index (χ2n) is 6.91. The fraction of sp³-hybridized carbons (Fsp3) is 0.526. The lowest BCUT2D eigenvalue weighted by Gasteiger charge is -2.24. The van der Waals surface area contributed by atoms with Crippen LogP contribution in [0.4, 0.5) is 8.78 Å². The number of para-hydroxylation sites is 2. The molecule has 27 heavy (non-hydrogen) atoms. The van der Waals surface area contributed by atoms with Crippen molar-refractivity contribution in [2.75, 3.05) is 0 Å². The molecule has 1 amide bonds. The zero-order chi connectivity index (χ0) is 19.6. The number of ether oxygens (including phenoxy) is 1. The summed E-state index contributed by atoms with van der Waals surface area (Å²) in [6, 6.07) is 5.77. The number of halogens is 2. The Morgan fingerprint density at radius 1 is 1.26 bits per heavy atom. The molecule has 1 aromatic heterocycles. The molecule has 1 aliphatic rings. The molecule has 1 heterocycles. The number of fused-ring (bicyclic) bond motifs is 1. The van der Waals surface area contributed by atoms with Crippen molar-refractivity contribution in [1.82, 2.24) is 14.9 Å². The maximum Gasteiger partial charge on any atom is 0.329 e. The maximum atomic E-state index is 13.6. The van der Waals surface area contributed by atoms with E-state index in [9.17, 15) is 18.4 Å². The number of alkyl halides is 2. The molecule has 0 saturated heterocycles. The first-order valence-electron chi connectivity index (χ1n) is 9.11. The van der Waals surface area contributed by atoms with Crippen LogP contribution in [0.5, 0.6) is 0 Å². The number of carbonyl (C=O) groups is 2. The van der Waals surface area contributed by atoms with Crippen molar-refractivity contribution in [3.63, 3.8) is 0 Å². The maximum absolute atomic E-state index is 13.6. The van der Waals surface area contributed by atoms with E-state index in [4.69, 9.17) is 4.74 Å². The summed E-state index contributed by atoms with van der Waals surface area (Å²) >= 11 is 0. The van der Waals surface area contributed by atoms with Gasteiger partial charge in [0.05, 0.1) is 11.0 Å². The van der Waals surface area contributed by atoms with Crippen molar-refractivity contribution in [1.29, 1.82) is 0 Å². The number of esters is 1. The molecule has 1 N–H and O–H groups in total. The number of hydrogen-bond acceptors (Lipinski definition) is 4. The lowest BCUT2D eigenvalue weighted by Crippen LogP contribution is -2.45. The van der Waals surface area contributed by atoms with Gasteiger partial charge in [0, 0.05) is 6.92 Å². The van der Waals surface area contributed by atoms with Crippen LogP contribution in [0.15, 0.2) is 24.3 Å². The average molecular weight is 379 g/mol. The summed E-state index contributed by atoms with van der Waals surface area (Å²) in [6.07, 6.45) is 2.65. The Balaban J connectivity index is 1.84. The predicted octanol–water partition coefficient (Wildman–Crippen LogP) is 3.73. The van der Waals surface area contributed by atoms with Gasteiger partial charge in [0.1, 0.15) is 6.04 Å². The number of hydrogen-bond donors (Lipinski definition) is 1. The smallest absolute Gasteiger partial charge is 0.329 e. The van der Waals surface area contributed by atoms with Crippen molar-refractivity contribution in [2.45, 2.75) is 58.2 Å². The normalized spacial score (nSPS) is 17.2. The molecule has 1 aromatic carbocycles. The first-order valence-corrected chi connectivity index (χ1v) is 9.11. The highest BCUT2D eigenvalue weighted by Crippen LogP contribution is 2.31. The van der Waals surface area contributed by atoms with E-state index in [0.717, 1.165) is 30.3 Å². The molecule has 3 rings (SSSR count). The number of nitrogens with zero attached hydrogens (tertiary/aromatic N) is 2. The minimum Gasteiger partial charge on any atom is -0.453 e. The highest BCUT2D eigenvalue weighted by Gasteiger charge is 2.34. The second kappa shape index (κ2) is 8.02. The first kappa shape index (κ1) is 19.3. The van der Waals surface area contributed by atoms with Crippen LogP contribution in [0.2, 0.25) is 0 Å². The van der Waals surface area contributed by atoms with Crippen molar-refractivity contribution < 1.29 is 23.1 Å². The number of nitrogens with one attached hydrogen (secondary N) is 1. The highest BCUT2D eigenvalue weighted by atomic mass is 19.3. The number of rotatable bonds is 6. The summed E-state index contributed by atoms with van der Waals surface area (Å²) in [5.41, 5.74) is 0.685. The molecule has 2 atom stereocenters. The first-order chi connectivity index (χ1) is 12.9. The SMILES string of the molecule is CC(=O)N[C@@H](C(=O)O[C@H](C)c1nc2ccccc2n1C(F)F)C1CCCC1. The lowest BCUT2D eigenvalue weighted by molar-refractivity contribution is -0.154. The van der Waals surface area contributed by atoms with Gasteiger partial charge in [0.15, 0.2) is 11.9 Å². The van der Waals surface area contributed by atoms with Gasteiger partial charge in [-0.25, -0.2) is 9.78 Å². The molecule has 0 radical (unpaired) electrons. The van der Waals surface area contributed by atoms with E-state index in [0.29, 0.717) is 5.52 Å². The molecule has 1 fully saturated rings. The third-order valence-electron chi connectivity index (χ3n) is 4.96. The molecular formula is C19H23F2N3O3. The van der Waals surface area contributed by atoms with Crippen molar-refractivity contribution >= 4 is 22.9 Å². The van der Waals surface area contributed by atoms with E-state index < -0.39 is 24.7 Å². The van der Waals surface area contributed by atoms with E-state index in [1.807, 2.05) is 0 Å². The average Bonchev–Trinajstić information content (AvgIpc) is 3.26. The molecule has 0 unspecified atom stereocenters. The Morgan fingerprint density at radius 3 is 2.56 bits per heavy atom. The molecular weight excluding hydrogens is 356 g/mol. The largest absolute Gasteiger partial charge is 0.453 e. The minimum atomic E-state index is -2.81. The number of imidazole rings is 1. The predicted molar refractivity (Wildman–Crippen MR) is 95.1 cm³/mol. The third-order valence-corrected chi connectivity index (χ3v) is 4.96. The standard InChI is InChI=1S/C19H23F2N3O3/c1-11(17-23-14-9-5-6-10-15(14)24(17)19(20)21)27-18(26)16(22-12(2)25)13-7-3-4-8-13/h5-6,9-11,13,16,19H,3-4,7-8H2,1-2H3,(H,22,25)/t11-,16-/m1/s1. The van der Waals surface area contributed by atoms with Gasteiger partial charge in [-0.3, -0.25) is 9.36 Å². The number of benzene rings is 1. The molecule has 1 saturated carbocycles. The Bertz CT molecular complexity index is 831. The van der Waals surface area contributed by atoms with E-state index in [1.54, 1.807) is 24.3 Å². The summed E-state index contributed by atoms with van der Waals surface area (Å²) in [5, 5.41) is 2.65. The zero-order valence-corrected chi connectivity index (χ0v) is 15.3. The zero-order valence-electron chi connectivity index (χ0n) is 15.3. The molecule has 2 aromatic rings. The van der Waals surface area contributed by atoms with Crippen molar-refractivity contribution in [2.24, 2.45) is 5.92 Å². The summed E-state index contributed by atoms with van der Waals surface area (Å²) in [5.74, 6) is -0.955. The molecule has 1 aliphatic carbocycles. The molecule has 8 heteroatoms. The Morgan fingerprint density at radius 2 is 1.93 bits per heavy atom. The van der Waals surface area contributed by atoms with E-state index >= 15 is 0 Å². The molecule has 0 spiro atoms. The van der Waals surface area contributed by atoms with Gasteiger partial charge in [0.25, 0.3) is 0 Å². The van der Waals surface area contributed by atoms with Crippen LogP contribution < -0.4 is 5.32 Å². The molecule has 0 bridgehead atoms. The van der Waals surface area contributed by atoms with Gasteiger partial charge >= 0.3 is 12.5 Å².